The Bertz CT molecular complexity index is 1090. The zero-order valence-electron chi connectivity index (χ0n) is 18.4. The summed E-state index contributed by atoms with van der Waals surface area (Å²) >= 11 is 1.60. The SMILES string of the molecule is CCCc1c(OCc2ccc(Sc3ccc(C(=O)OC)cc3)cc2)ccc(C(C)=O)c1O. The van der Waals surface area contributed by atoms with Gasteiger partial charge in [0.05, 0.1) is 18.2 Å². The van der Waals surface area contributed by atoms with Crippen LogP contribution in [0.1, 0.15) is 52.1 Å². The average Bonchev–Trinajstić information content (AvgIpc) is 2.80. The number of methoxy groups -OCH3 is 1. The van der Waals surface area contributed by atoms with Gasteiger partial charge >= 0.3 is 5.97 Å². The number of Topliss-reactive ketones (excluding diaryl/α,β-unsaturated/α-hetero) is 1. The molecule has 0 bridgehead atoms. The Morgan fingerprint density at radius 1 is 0.938 bits per heavy atom. The van der Waals surface area contributed by atoms with Crippen molar-refractivity contribution in [1.29, 1.82) is 0 Å². The molecule has 0 saturated heterocycles. The van der Waals surface area contributed by atoms with Crippen LogP contribution < -0.4 is 4.74 Å². The molecule has 0 radical (unpaired) electrons. The quantitative estimate of drug-likeness (QED) is 0.315. The summed E-state index contributed by atoms with van der Waals surface area (Å²) in [4.78, 5) is 25.3. The van der Waals surface area contributed by atoms with E-state index in [1.54, 1.807) is 36.0 Å². The van der Waals surface area contributed by atoms with Crippen molar-refractivity contribution in [2.45, 2.75) is 43.1 Å². The number of hydrogen-bond donors (Lipinski definition) is 1. The molecule has 5 nitrogen and oxygen atoms in total. The lowest BCUT2D eigenvalue weighted by molar-refractivity contribution is 0.0600. The van der Waals surface area contributed by atoms with Gasteiger partial charge in [-0.25, -0.2) is 4.79 Å². The summed E-state index contributed by atoms with van der Waals surface area (Å²) in [7, 11) is 1.37. The van der Waals surface area contributed by atoms with Gasteiger partial charge in [0.25, 0.3) is 0 Å². The Morgan fingerprint density at radius 3 is 2.12 bits per heavy atom. The third-order valence-corrected chi connectivity index (χ3v) is 5.96. The summed E-state index contributed by atoms with van der Waals surface area (Å²) in [5, 5.41) is 10.5. The number of ketones is 1. The first-order valence-corrected chi connectivity index (χ1v) is 11.2. The standard InChI is InChI=1S/C26H26O5S/c1-4-5-23-24(15-14-22(17(2)27)25(23)28)31-16-18-6-10-20(11-7-18)32-21-12-8-19(9-13-21)26(29)30-3/h6-15,28H,4-5,16H2,1-3H3. The second kappa shape index (κ2) is 10.9. The number of aromatic hydroxyl groups is 1. The normalized spacial score (nSPS) is 10.6. The molecule has 0 heterocycles. The number of carbonyl (C=O) groups is 2. The summed E-state index contributed by atoms with van der Waals surface area (Å²) in [6.45, 7) is 3.82. The molecule has 32 heavy (non-hydrogen) atoms. The molecule has 6 heteroatoms. The summed E-state index contributed by atoms with van der Waals surface area (Å²) < 4.78 is 10.7. The van der Waals surface area contributed by atoms with Crippen LogP contribution in [-0.2, 0) is 17.8 Å². The molecule has 0 fully saturated rings. The van der Waals surface area contributed by atoms with E-state index in [1.807, 2.05) is 43.3 Å². The molecular formula is C26H26O5S. The van der Waals surface area contributed by atoms with Crippen molar-refractivity contribution in [1.82, 2.24) is 0 Å². The van der Waals surface area contributed by atoms with Crippen LogP contribution in [0.2, 0.25) is 0 Å². The van der Waals surface area contributed by atoms with Gasteiger partial charge in [-0.1, -0.05) is 37.2 Å². The van der Waals surface area contributed by atoms with Gasteiger partial charge in [-0.05, 0) is 67.4 Å². The fourth-order valence-corrected chi connectivity index (χ4v) is 4.07. The summed E-state index contributed by atoms with van der Waals surface area (Å²) in [6, 6.07) is 18.7. The van der Waals surface area contributed by atoms with E-state index in [9.17, 15) is 14.7 Å². The summed E-state index contributed by atoms with van der Waals surface area (Å²) in [5.41, 5.74) is 2.51. The van der Waals surface area contributed by atoms with Crippen LogP contribution in [0.25, 0.3) is 0 Å². The summed E-state index contributed by atoms with van der Waals surface area (Å²) in [6.07, 6.45) is 1.46. The van der Waals surface area contributed by atoms with Crippen molar-refractivity contribution in [3.05, 3.63) is 82.9 Å². The molecule has 0 atom stereocenters. The Kier molecular flexibility index (Phi) is 7.95. The highest BCUT2D eigenvalue weighted by molar-refractivity contribution is 7.99. The fraction of sp³-hybridized carbons (Fsp3) is 0.231. The lowest BCUT2D eigenvalue weighted by atomic mass is 10.0. The maximum atomic E-state index is 11.7. The Balaban J connectivity index is 1.66. The first kappa shape index (κ1) is 23.4. The highest BCUT2D eigenvalue weighted by Gasteiger charge is 2.16. The van der Waals surface area contributed by atoms with Crippen molar-refractivity contribution in [2.24, 2.45) is 0 Å². The third-order valence-electron chi connectivity index (χ3n) is 4.95. The largest absolute Gasteiger partial charge is 0.507 e. The van der Waals surface area contributed by atoms with Crippen LogP contribution >= 0.6 is 11.8 Å². The molecule has 0 aromatic heterocycles. The highest BCUT2D eigenvalue weighted by atomic mass is 32.2. The first-order chi connectivity index (χ1) is 15.4. The zero-order valence-corrected chi connectivity index (χ0v) is 19.2. The molecule has 0 amide bonds. The topological polar surface area (TPSA) is 72.8 Å². The monoisotopic (exact) mass is 450 g/mol. The first-order valence-electron chi connectivity index (χ1n) is 10.4. The fourth-order valence-electron chi connectivity index (χ4n) is 3.26. The van der Waals surface area contributed by atoms with Crippen molar-refractivity contribution in [3.63, 3.8) is 0 Å². The molecule has 0 aliphatic rings. The predicted octanol–water partition coefficient (Wildman–Crippen LogP) is 6.06. The number of phenols is 1. The number of esters is 1. The lowest BCUT2D eigenvalue weighted by Gasteiger charge is -2.15. The Labute approximate surface area is 192 Å². The molecule has 0 aliphatic heterocycles. The van der Waals surface area contributed by atoms with Gasteiger partial charge in [-0.2, -0.15) is 0 Å². The minimum atomic E-state index is -0.350. The molecule has 0 aliphatic carbocycles. The van der Waals surface area contributed by atoms with E-state index in [1.165, 1.54) is 14.0 Å². The smallest absolute Gasteiger partial charge is 0.337 e. The molecule has 3 aromatic carbocycles. The number of hydrogen-bond acceptors (Lipinski definition) is 6. The van der Waals surface area contributed by atoms with Crippen LogP contribution in [0.5, 0.6) is 11.5 Å². The van der Waals surface area contributed by atoms with Gasteiger partial charge in [-0.15, -0.1) is 0 Å². The van der Waals surface area contributed by atoms with Crippen molar-refractivity contribution in [3.8, 4) is 11.5 Å². The van der Waals surface area contributed by atoms with Crippen molar-refractivity contribution >= 4 is 23.5 Å². The van der Waals surface area contributed by atoms with E-state index in [0.717, 1.165) is 21.8 Å². The summed E-state index contributed by atoms with van der Waals surface area (Å²) in [5.74, 6) is 0.0944. The van der Waals surface area contributed by atoms with Gasteiger partial charge in [-0.3, -0.25) is 4.79 Å². The molecule has 0 spiro atoms. The lowest BCUT2D eigenvalue weighted by Crippen LogP contribution is -2.02. The molecule has 0 saturated carbocycles. The second-order valence-corrected chi connectivity index (χ2v) is 8.44. The van der Waals surface area contributed by atoms with Gasteiger partial charge in [0, 0.05) is 15.4 Å². The third kappa shape index (κ3) is 5.71. The zero-order chi connectivity index (χ0) is 23.1. The molecule has 166 valence electrons. The van der Waals surface area contributed by atoms with E-state index >= 15 is 0 Å². The van der Waals surface area contributed by atoms with Crippen LogP contribution in [0.3, 0.4) is 0 Å². The minimum Gasteiger partial charge on any atom is -0.507 e. The molecule has 3 aromatic rings. The molecule has 3 rings (SSSR count). The second-order valence-electron chi connectivity index (χ2n) is 7.30. The van der Waals surface area contributed by atoms with Crippen LogP contribution in [-0.4, -0.2) is 24.0 Å². The van der Waals surface area contributed by atoms with E-state index < -0.39 is 0 Å². The maximum absolute atomic E-state index is 11.7. The van der Waals surface area contributed by atoms with E-state index in [2.05, 4.69) is 0 Å². The molecular weight excluding hydrogens is 424 g/mol. The van der Waals surface area contributed by atoms with Crippen molar-refractivity contribution < 1.29 is 24.2 Å². The van der Waals surface area contributed by atoms with E-state index in [0.29, 0.717) is 35.5 Å². The van der Waals surface area contributed by atoms with E-state index in [4.69, 9.17) is 9.47 Å². The molecule has 0 unspecified atom stereocenters. The minimum absolute atomic E-state index is 0.0156. The average molecular weight is 451 g/mol. The highest BCUT2D eigenvalue weighted by Crippen LogP contribution is 2.34. The van der Waals surface area contributed by atoms with Crippen LogP contribution in [0.15, 0.2) is 70.5 Å². The van der Waals surface area contributed by atoms with E-state index in [-0.39, 0.29) is 17.5 Å². The van der Waals surface area contributed by atoms with Gasteiger partial charge < -0.3 is 14.6 Å². The van der Waals surface area contributed by atoms with Gasteiger partial charge in [0.15, 0.2) is 5.78 Å². The number of carbonyl (C=O) groups excluding carboxylic acids is 2. The van der Waals surface area contributed by atoms with Crippen molar-refractivity contribution in [2.75, 3.05) is 7.11 Å². The maximum Gasteiger partial charge on any atom is 0.337 e. The number of phenolic OH excluding ortho intramolecular Hbond substituents is 1. The molecule has 1 N–H and O–H groups in total. The van der Waals surface area contributed by atoms with Gasteiger partial charge in [0.2, 0.25) is 0 Å². The van der Waals surface area contributed by atoms with Crippen LogP contribution in [0, 0.1) is 0 Å². The van der Waals surface area contributed by atoms with Crippen LogP contribution in [0.4, 0.5) is 0 Å². The number of ether oxygens (including phenoxy) is 2. The Morgan fingerprint density at radius 2 is 1.56 bits per heavy atom. The number of benzene rings is 3. The Hall–Kier alpha value is -3.25. The number of rotatable bonds is 9. The predicted molar refractivity (Wildman–Crippen MR) is 125 cm³/mol. The van der Waals surface area contributed by atoms with Gasteiger partial charge in [0.1, 0.15) is 18.1 Å².